The molecule has 19 heavy (non-hydrogen) atoms. The molecular formula is C14H16FNO3. The molecule has 1 aromatic rings. The van der Waals surface area contributed by atoms with E-state index < -0.39 is 23.7 Å². The van der Waals surface area contributed by atoms with Gasteiger partial charge in [0.2, 0.25) is 5.91 Å². The van der Waals surface area contributed by atoms with E-state index in [4.69, 9.17) is 0 Å². The largest absolute Gasteiger partial charge is 0.481 e. The number of benzene rings is 1. The van der Waals surface area contributed by atoms with Crippen LogP contribution in [-0.2, 0) is 9.59 Å². The van der Waals surface area contributed by atoms with E-state index in [-0.39, 0.29) is 17.9 Å². The van der Waals surface area contributed by atoms with Crippen LogP contribution in [0.1, 0.15) is 31.4 Å². The van der Waals surface area contributed by atoms with Crippen LogP contribution in [0, 0.1) is 11.7 Å². The average Bonchev–Trinajstić information content (AvgIpc) is 2.69. The first-order valence-electron chi connectivity index (χ1n) is 6.33. The van der Waals surface area contributed by atoms with Crippen molar-refractivity contribution >= 4 is 11.9 Å². The fraction of sp³-hybridized carbons (Fsp3) is 0.429. The molecule has 2 atom stereocenters. The minimum absolute atomic E-state index is 0.0612. The van der Waals surface area contributed by atoms with Crippen molar-refractivity contribution in [3.63, 3.8) is 0 Å². The summed E-state index contributed by atoms with van der Waals surface area (Å²) < 4.78 is 13.9. The number of hydrogen-bond donors (Lipinski definition) is 1. The molecule has 2 rings (SSSR count). The SMILES string of the molecule is CCCN1C(=O)CC(C(=O)O)C1c1ccccc1F. The second-order valence-corrected chi connectivity index (χ2v) is 4.70. The van der Waals surface area contributed by atoms with Crippen LogP contribution >= 0.6 is 0 Å². The van der Waals surface area contributed by atoms with E-state index in [1.54, 1.807) is 18.2 Å². The maximum Gasteiger partial charge on any atom is 0.309 e. The van der Waals surface area contributed by atoms with E-state index in [1.165, 1.54) is 11.0 Å². The van der Waals surface area contributed by atoms with E-state index >= 15 is 0 Å². The Balaban J connectivity index is 2.44. The first-order chi connectivity index (χ1) is 9.06. The zero-order chi connectivity index (χ0) is 14.0. The fourth-order valence-electron chi connectivity index (χ4n) is 2.62. The van der Waals surface area contributed by atoms with Gasteiger partial charge in [-0.1, -0.05) is 25.1 Å². The van der Waals surface area contributed by atoms with Crippen molar-refractivity contribution in [2.24, 2.45) is 5.92 Å². The van der Waals surface area contributed by atoms with Crippen LogP contribution in [0.5, 0.6) is 0 Å². The molecule has 1 amide bonds. The molecule has 0 aromatic heterocycles. The van der Waals surface area contributed by atoms with E-state index in [1.807, 2.05) is 6.92 Å². The third-order valence-corrected chi connectivity index (χ3v) is 3.44. The summed E-state index contributed by atoms with van der Waals surface area (Å²) in [7, 11) is 0. The van der Waals surface area contributed by atoms with E-state index in [0.717, 1.165) is 0 Å². The summed E-state index contributed by atoms with van der Waals surface area (Å²) in [6.07, 6.45) is 0.650. The molecule has 0 bridgehead atoms. The summed E-state index contributed by atoms with van der Waals surface area (Å²) in [5.74, 6) is -2.62. The lowest BCUT2D eigenvalue weighted by atomic mass is 9.93. The van der Waals surface area contributed by atoms with Crippen LogP contribution in [0.3, 0.4) is 0 Å². The lowest BCUT2D eigenvalue weighted by molar-refractivity contribution is -0.142. The first-order valence-corrected chi connectivity index (χ1v) is 6.33. The number of rotatable bonds is 4. The quantitative estimate of drug-likeness (QED) is 0.908. The van der Waals surface area contributed by atoms with Gasteiger partial charge in [-0.25, -0.2) is 4.39 Å². The highest BCUT2D eigenvalue weighted by Crippen LogP contribution is 2.39. The minimum atomic E-state index is -1.06. The van der Waals surface area contributed by atoms with Gasteiger partial charge in [0.1, 0.15) is 5.82 Å². The van der Waals surface area contributed by atoms with Crippen LogP contribution in [0.15, 0.2) is 24.3 Å². The Hall–Kier alpha value is -1.91. The molecule has 1 heterocycles. The van der Waals surface area contributed by atoms with Gasteiger partial charge in [-0.3, -0.25) is 9.59 Å². The summed E-state index contributed by atoms with van der Waals surface area (Å²) in [4.78, 5) is 24.7. The molecule has 4 nitrogen and oxygen atoms in total. The lowest BCUT2D eigenvalue weighted by Gasteiger charge is -2.27. The van der Waals surface area contributed by atoms with Crippen molar-refractivity contribution in [3.05, 3.63) is 35.6 Å². The lowest BCUT2D eigenvalue weighted by Crippen LogP contribution is -2.31. The molecule has 1 aliphatic heterocycles. The molecule has 5 heteroatoms. The van der Waals surface area contributed by atoms with Gasteiger partial charge in [0.05, 0.1) is 12.0 Å². The topological polar surface area (TPSA) is 57.6 Å². The van der Waals surface area contributed by atoms with Gasteiger partial charge >= 0.3 is 5.97 Å². The van der Waals surface area contributed by atoms with Crippen LogP contribution < -0.4 is 0 Å². The van der Waals surface area contributed by atoms with Crippen molar-refractivity contribution in [2.45, 2.75) is 25.8 Å². The summed E-state index contributed by atoms with van der Waals surface area (Å²) in [6.45, 7) is 2.35. The van der Waals surface area contributed by atoms with Gasteiger partial charge in [-0.15, -0.1) is 0 Å². The van der Waals surface area contributed by atoms with E-state index in [2.05, 4.69) is 0 Å². The Morgan fingerprint density at radius 1 is 1.47 bits per heavy atom. The number of carbonyl (C=O) groups is 2. The number of aliphatic carboxylic acids is 1. The molecule has 0 saturated carbocycles. The second-order valence-electron chi connectivity index (χ2n) is 4.70. The summed E-state index contributed by atoms with van der Waals surface area (Å²) in [6, 6.07) is 5.35. The fourth-order valence-corrected chi connectivity index (χ4v) is 2.62. The van der Waals surface area contributed by atoms with Gasteiger partial charge in [0.25, 0.3) is 0 Å². The number of likely N-dealkylation sites (tertiary alicyclic amines) is 1. The molecule has 1 aromatic carbocycles. The van der Waals surface area contributed by atoms with Crippen molar-refractivity contribution in [1.82, 2.24) is 4.90 Å². The molecule has 1 N–H and O–H groups in total. The monoisotopic (exact) mass is 265 g/mol. The molecular weight excluding hydrogens is 249 g/mol. The Morgan fingerprint density at radius 2 is 2.16 bits per heavy atom. The normalized spacial score (nSPS) is 22.8. The number of hydrogen-bond acceptors (Lipinski definition) is 2. The first kappa shape index (κ1) is 13.5. The molecule has 0 radical (unpaired) electrons. The zero-order valence-electron chi connectivity index (χ0n) is 10.7. The summed E-state index contributed by atoms with van der Waals surface area (Å²) in [5.41, 5.74) is 0.286. The Bertz CT molecular complexity index is 503. The minimum Gasteiger partial charge on any atom is -0.481 e. The molecule has 0 spiro atoms. The highest BCUT2D eigenvalue weighted by molar-refractivity contribution is 5.87. The number of halogens is 1. The number of amides is 1. The molecule has 0 aliphatic carbocycles. The number of carboxylic acid groups (broad SMARTS) is 1. The zero-order valence-corrected chi connectivity index (χ0v) is 10.7. The molecule has 2 unspecified atom stereocenters. The van der Waals surface area contributed by atoms with Gasteiger partial charge in [0.15, 0.2) is 0 Å². The third kappa shape index (κ3) is 2.45. The van der Waals surface area contributed by atoms with E-state index in [9.17, 15) is 19.1 Å². The van der Waals surface area contributed by atoms with Crippen molar-refractivity contribution in [1.29, 1.82) is 0 Å². The molecule has 102 valence electrons. The molecule has 1 fully saturated rings. The molecule has 1 saturated heterocycles. The number of nitrogens with zero attached hydrogens (tertiary/aromatic N) is 1. The Labute approximate surface area is 110 Å². The molecule has 1 aliphatic rings. The predicted octanol–water partition coefficient (Wildman–Crippen LogP) is 2.21. The Morgan fingerprint density at radius 3 is 2.74 bits per heavy atom. The van der Waals surface area contributed by atoms with Gasteiger partial charge in [0, 0.05) is 18.5 Å². The van der Waals surface area contributed by atoms with Crippen LogP contribution in [0.2, 0.25) is 0 Å². The van der Waals surface area contributed by atoms with Crippen LogP contribution in [0.25, 0.3) is 0 Å². The van der Waals surface area contributed by atoms with Crippen molar-refractivity contribution in [3.8, 4) is 0 Å². The van der Waals surface area contributed by atoms with Crippen molar-refractivity contribution < 1.29 is 19.1 Å². The predicted molar refractivity (Wildman–Crippen MR) is 66.9 cm³/mol. The maximum absolute atomic E-state index is 13.9. The summed E-state index contributed by atoms with van der Waals surface area (Å²) in [5, 5.41) is 9.24. The van der Waals surface area contributed by atoms with Crippen LogP contribution in [0.4, 0.5) is 4.39 Å². The number of carboxylic acids is 1. The Kier molecular flexibility index (Phi) is 3.83. The van der Waals surface area contributed by atoms with Gasteiger partial charge in [-0.05, 0) is 12.5 Å². The number of carbonyl (C=O) groups excluding carboxylic acids is 1. The highest BCUT2D eigenvalue weighted by Gasteiger charge is 2.45. The smallest absolute Gasteiger partial charge is 0.309 e. The maximum atomic E-state index is 13.9. The van der Waals surface area contributed by atoms with Gasteiger partial charge < -0.3 is 10.0 Å². The second kappa shape index (κ2) is 5.38. The highest BCUT2D eigenvalue weighted by atomic mass is 19.1. The summed E-state index contributed by atoms with van der Waals surface area (Å²) >= 11 is 0. The van der Waals surface area contributed by atoms with Crippen molar-refractivity contribution in [2.75, 3.05) is 6.54 Å². The standard InChI is InChI=1S/C14H16FNO3/c1-2-7-16-12(17)8-10(14(18)19)13(16)9-5-3-4-6-11(9)15/h3-6,10,13H,2,7-8H2,1H3,(H,18,19). The van der Waals surface area contributed by atoms with Gasteiger partial charge in [-0.2, -0.15) is 0 Å². The average molecular weight is 265 g/mol. The van der Waals surface area contributed by atoms with Crippen LogP contribution in [-0.4, -0.2) is 28.4 Å². The van der Waals surface area contributed by atoms with E-state index in [0.29, 0.717) is 13.0 Å². The third-order valence-electron chi connectivity index (χ3n) is 3.44.